The molecule has 2 N–H and O–H groups in total. The maximum Gasteiger partial charge on any atom is 0.191 e. The molecule has 1 aromatic rings. The quantitative estimate of drug-likeness (QED) is 0.222. The van der Waals surface area contributed by atoms with E-state index in [0.717, 1.165) is 32.0 Å². The molecule has 26 heavy (non-hydrogen) atoms. The monoisotopic (exact) mass is 477 g/mol. The lowest BCUT2D eigenvalue weighted by atomic mass is 9.84. The van der Waals surface area contributed by atoms with Gasteiger partial charge in [-0.25, -0.2) is 0 Å². The number of halogens is 1. The van der Waals surface area contributed by atoms with E-state index in [1.54, 1.807) is 7.11 Å². The van der Waals surface area contributed by atoms with E-state index in [2.05, 4.69) is 62.6 Å². The van der Waals surface area contributed by atoms with Gasteiger partial charge in [-0.05, 0) is 24.5 Å². The molecule has 0 aliphatic heterocycles. The zero-order chi connectivity index (χ0) is 18.5. The van der Waals surface area contributed by atoms with Gasteiger partial charge < -0.3 is 20.1 Å². The molecule has 0 saturated carbocycles. The highest BCUT2D eigenvalue weighted by Gasteiger charge is 2.20. The van der Waals surface area contributed by atoms with E-state index in [9.17, 15) is 0 Å². The molecule has 150 valence electrons. The van der Waals surface area contributed by atoms with Gasteiger partial charge in [0.1, 0.15) is 0 Å². The number of nitrogens with zero attached hydrogens (tertiary/aromatic N) is 1. The van der Waals surface area contributed by atoms with Crippen LogP contribution in [0.25, 0.3) is 0 Å². The van der Waals surface area contributed by atoms with Crippen LogP contribution in [-0.4, -0.2) is 52.5 Å². The van der Waals surface area contributed by atoms with Crippen LogP contribution in [0, 0.1) is 0 Å². The summed E-state index contributed by atoms with van der Waals surface area (Å²) in [5.74, 6) is 0.830. The second-order valence-corrected chi connectivity index (χ2v) is 6.66. The van der Waals surface area contributed by atoms with Crippen molar-refractivity contribution in [2.24, 2.45) is 4.99 Å². The van der Waals surface area contributed by atoms with Crippen LogP contribution < -0.4 is 10.6 Å². The summed E-state index contributed by atoms with van der Waals surface area (Å²) in [7, 11) is 1.68. The Balaban J connectivity index is 0.00000625. The number of methoxy groups -OCH3 is 1. The van der Waals surface area contributed by atoms with Crippen molar-refractivity contribution in [1.29, 1.82) is 0 Å². The number of aryl methyl sites for hydroxylation is 1. The number of ether oxygens (including phenoxy) is 2. The first-order valence-corrected chi connectivity index (χ1v) is 9.21. The molecule has 0 aliphatic carbocycles. The molecule has 0 heterocycles. The molecule has 0 bridgehead atoms. The Morgan fingerprint density at radius 3 is 2.31 bits per heavy atom. The third kappa shape index (κ3) is 9.73. The van der Waals surface area contributed by atoms with E-state index < -0.39 is 0 Å². The van der Waals surface area contributed by atoms with Crippen LogP contribution >= 0.6 is 24.0 Å². The number of hydrogen-bond acceptors (Lipinski definition) is 3. The molecule has 5 nitrogen and oxygen atoms in total. The van der Waals surface area contributed by atoms with Crippen molar-refractivity contribution in [2.75, 3.05) is 46.6 Å². The number of rotatable bonds is 11. The first-order chi connectivity index (χ1) is 12.0. The van der Waals surface area contributed by atoms with Gasteiger partial charge in [0.15, 0.2) is 5.96 Å². The number of aliphatic imine (C=N–C) groups is 1. The van der Waals surface area contributed by atoms with Gasteiger partial charge in [-0.15, -0.1) is 24.0 Å². The molecule has 1 rings (SSSR count). The van der Waals surface area contributed by atoms with Crippen LogP contribution in [-0.2, 0) is 21.3 Å². The van der Waals surface area contributed by atoms with Gasteiger partial charge in [-0.2, -0.15) is 0 Å². The summed E-state index contributed by atoms with van der Waals surface area (Å²) in [6, 6.07) is 8.86. The normalized spacial score (nSPS) is 11.8. The largest absolute Gasteiger partial charge is 0.382 e. The second kappa shape index (κ2) is 14.2. The zero-order valence-electron chi connectivity index (χ0n) is 16.9. The van der Waals surface area contributed by atoms with Crippen molar-refractivity contribution in [2.45, 2.75) is 39.5 Å². The SMILES string of the molecule is CCNC(=NCC(C)(C)c1ccc(CC)cc1)NCCOCCOC.I. The van der Waals surface area contributed by atoms with Crippen LogP contribution in [0.3, 0.4) is 0 Å². The van der Waals surface area contributed by atoms with Gasteiger partial charge in [0.2, 0.25) is 0 Å². The zero-order valence-corrected chi connectivity index (χ0v) is 19.3. The summed E-state index contributed by atoms with van der Waals surface area (Å²) in [6.45, 7) is 12.9. The van der Waals surface area contributed by atoms with Crippen LogP contribution in [0.2, 0.25) is 0 Å². The maximum absolute atomic E-state index is 5.47. The van der Waals surface area contributed by atoms with Crippen molar-refractivity contribution in [3.05, 3.63) is 35.4 Å². The molecule has 6 heteroatoms. The fourth-order valence-electron chi connectivity index (χ4n) is 2.39. The lowest BCUT2D eigenvalue weighted by Gasteiger charge is -2.24. The third-order valence-electron chi connectivity index (χ3n) is 4.09. The lowest BCUT2D eigenvalue weighted by Crippen LogP contribution is -2.40. The topological polar surface area (TPSA) is 54.9 Å². The molecule has 0 atom stereocenters. The van der Waals surface area contributed by atoms with Gasteiger partial charge in [0.05, 0.1) is 26.4 Å². The fraction of sp³-hybridized carbons (Fsp3) is 0.650. The second-order valence-electron chi connectivity index (χ2n) is 6.66. The highest BCUT2D eigenvalue weighted by atomic mass is 127. The van der Waals surface area contributed by atoms with E-state index >= 15 is 0 Å². The molecule has 0 aromatic heterocycles. The number of hydrogen-bond donors (Lipinski definition) is 2. The Morgan fingerprint density at radius 2 is 1.73 bits per heavy atom. The molecular formula is C20H36IN3O2. The Kier molecular flexibility index (Phi) is 13.8. The lowest BCUT2D eigenvalue weighted by molar-refractivity contribution is 0.0733. The van der Waals surface area contributed by atoms with Crippen molar-refractivity contribution < 1.29 is 9.47 Å². The van der Waals surface area contributed by atoms with E-state index in [1.165, 1.54) is 11.1 Å². The van der Waals surface area contributed by atoms with Crippen molar-refractivity contribution in [3.63, 3.8) is 0 Å². The molecule has 0 unspecified atom stereocenters. The molecule has 1 aromatic carbocycles. The molecule has 0 aliphatic rings. The van der Waals surface area contributed by atoms with Gasteiger partial charge in [-0.3, -0.25) is 4.99 Å². The average molecular weight is 477 g/mol. The van der Waals surface area contributed by atoms with Gasteiger partial charge >= 0.3 is 0 Å². The molecule has 0 fully saturated rings. The van der Waals surface area contributed by atoms with Crippen molar-refractivity contribution in [1.82, 2.24) is 10.6 Å². The Labute approximate surface area is 176 Å². The minimum absolute atomic E-state index is 0. The van der Waals surface area contributed by atoms with Gasteiger partial charge in [0.25, 0.3) is 0 Å². The Bertz CT molecular complexity index is 504. The van der Waals surface area contributed by atoms with Crippen LogP contribution in [0.4, 0.5) is 0 Å². The predicted molar refractivity (Wildman–Crippen MR) is 121 cm³/mol. The summed E-state index contributed by atoms with van der Waals surface area (Å²) in [6.07, 6.45) is 1.07. The van der Waals surface area contributed by atoms with E-state index in [1.807, 2.05) is 0 Å². The third-order valence-corrected chi connectivity index (χ3v) is 4.09. The summed E-state index contributed by atoms with van der Waals surface area (Å²) >= 11 is 0. The molecular weight excluding hydrogens is 441 g/mol. The van der Waals surface area contributed by atoms with E-state index in [4.69, 9.17) is 14.5 Å². The van der Waals surface area contributed by atoms with E-state index in [0.29, 0.717) is 19.8 Å². The molecule has 0 spiro atoms. The Hall–Kier alpha value is -0.860. The van der Waals surface area contributed by atoms with E-state index in [-0.39, 0.29) is 29.4 Å². The molecule has 0 amide bonds. The molecule has 0 saturated heterocycles. The Morgan fingerprint density at radius 1 is 1.04 bits per heavy atom. The van der Waals surface area contributed by atoms with Crippen LogP contribution in [0.5, 0.6) is 0 Å². The highest BCUT2D eigenvalue weighted by molar-refractivity contribution is 14.0. The summed E-state index contributed by atoms with van der Waals surface area (Å²) < 4.78 is 10.4. The predicted octanol–water partition coefficient (Wildman–Crippen LogP) is 3.36. The van der Waals surface area contributed by atoms with Crippen molar-refractivity contribution >= 4 is 29.9 Å². The smallest absolute Gasteiger partial charge is 0.191 e. The standard InChI is InChI=1S/C20H35N3O2.HI/c1-6-17-8-10-18(11-9-17)20(3,4)16-23-19(21-7-2)22-12-13-25-15-14-24-5;/h8-11H,6-7,12-16H2,1-5H3,(H2,21,22,23);1H. The van der Waals surface area contributed by atoms with Crippen LogP contribution in [0.15, 0.2) is 29.3 Å². The summed E-state index contributed by atoms with van der Waals surface area (Å²) in [4.78, 5) is 4.75. The fourth-order valence-corrected chi connectivity index (χ4v) is 2.39. The first kappa shape index (κ1) is 25.1. The van der Waals surface area contributed by atoms with Gasteiger partial charge in [0, 0.05) is 25.6 Å². The maximum atomic E-state index is 5.47. The minimum atomic E-state index is -0.0103. The van der Waals surface area contributed by atoms with Crippen molar-refractivity contribution in [3.8, 4) is 0 Å². The highest BCUT2D eigenvalue weighted by Crippen LogP contribution is 2.24. The number of nitrogens with one attached hydrogen (secondary N) is 2. The minimum Gasteiger partial charge on any atom is -0.382 e. The van der Waals surface area contributed by atoms with Crippen LogP contribution in [0.1, 0.15) is 38.8 Å². The summed E-state index contributed by atoms with van der Waals surface area (Å²) in [5, 5.41) is 6.60. The first-order valence-electron chi connectivity index (χ1n) is 9.21. The average Bonchev–Trinajstić information content (AvgIpc) is 2.62. The number of guanidine groups is 1. The summed E-state index contributed by atoms with van der Waals surface area (Å²) in [5.41, 5.74) is 2.67. The van der Waals surface area contributed by atoms with Gasteiger partial charge in [-0.1, -0.05) is 45.0 Å². The molecule has 0 radical (unpaired) electrons. The number of benzene rings is 1.